The van der Waals surface area contributed by atoms with Gasteiger partial charge in [0, 0.05) is 25.2 Å². The molecular weight excluding hydrogens is 184 g/mol. The van der Waals surface area contributed by atoms with E-state index in [2.05, 4.69) is 24.5 Å². The molecule has 2 unspecified atom stereocenters. The SMILES string of the molecule is CCCCCCC1CNCC(CCC)N1. The molecule has 0 aliphatic carbocycles. The summed E-state index contributed by atoms with van der Waals surface area (Å²) in [7, 11) is 0. The summed E-state index contributed by atoms with van der Waals surface area (Å²) in [6.07, 6.45) is 9.51. The van der Waals surface area contributed by atoms with Gasteiger partial charge in [-0.25, -0.2) is 0 Å². The largest absolute Gasteiger partial charge is 0.314 e. The van der Waals surface area contributed by atoms with Crippen molar-refractivity contribution in [3.05, 3.63) is 0 Å². The predicted octanol–water partition coefficient (Wildman–Crippen LogP) is 2.69. The fourth-order valence-corrected chi connectivity index (χ4v) is 2.42. The fraction of sp³-hybridized carbons (Fsp3) is 1.00. The quantitative estimate of drug-likeness (QED) is 0.634. The predicted molar refractivity (Wildman–Crippen MR) is 67.2 cm³/mol. The Hall–Kier alpha value is -0.0800. The van der Waals surface area contributed by atoms with Crippen LogP contribution in [0.4, 0.5) is 0 Å². The van der Waals surface area contributed by atoms with Crippen LogP contribution in [0.5, 0.6) is 0 Å². The smallest absolute Gasteiger partial charge is 0.0195 e. The summed E-state index contributed by atoms with van der Waals surface area (Å²) in [5.41, 5.74) is 0. The third-order valence-corrected chi connectivity index (χ3v) is 3.30. The second-order valence-electron chi connectivity index (χ2n) is 4.86. The summed E-state index contributed by atoms with van der Waals surface area (Å²) in [6, 6.07) is 1.45. The summed E-state index contributed by atoms with van der Waals surface area (Å²) < 4.78 is 0. The number of nitrogens with one attached hydrogen (secondary N) is 2. The monoisotopic (exact) mass is 212 g/mol. The van der Waals surface area contributed by atoms with Crippen LogP contribution in [-0.4, -0.2) is 25.2 Å². The average molecular weight is 212 g/mol. The Bertz CT molecular complexity index is 145. The molecule has 1 aliphatic heterocycles. The normalized spacial score (nSPS) is 26.8. The van der Waals surface area contributed by atoms with Gasteiger partial charge in [-0.15, -0.1) is 0 Å². The lowest BCUT2D eigenvalue weighted by molar-refractivity contribution is 0.307. The molecular formula is C13H28N2. The van der Waals surface area contributed by atoms with Crippen molar-refractivity contribution in [1.82, 2.24) is 10.6 Å². The Labute approximate surface area is 95.2 Å². The molecule has 0 bridgehead atoms. The summed E-state index contributed by atoms with van der Waals surface area (Å²) in [5, 5.41) is 7.32. The standard InChI is InChI=1S/C13H28N2/c1-3-5-6-7-9-13-11-14-10-12(15-13)8-4-2/h12-15H,3-11H2,1-2H3. The Morgan fingerprint density at radius 2 is 1.60 bits per heavy atom. The van der Waals surface area contributed by atoms with Gasteiger partial charge in [0.2, 0.25) is 0 Å². The molecule has 0 spiro atoms. The van der Waals surface area contributed by atoms with E-state index < -0.39 is 0 Å². The number of hydrogen-bond acceptors (Lipinski definition) is 2. The Morgan fingerprint density at radius 3 is 2.27 bits per heavy atom. The second kappa shape index (κ2) is 8.12. The lowest BCUT2D eigenvalue weighted by Crippen LogP contribution is -2.54. The molecule has 0 aromatic carbocycles. The minimum absolute atomic E-state index is 0.722. The van der Waals surface area contributed by atoms with Gasteiger partial charge >= 0.3 is 0 Å². The van der Waals surface area contributed by atoms with E-state index in [1.807, 2.05) is 0 Å². The highest BCUT2D eigenvalue weighted by Crippen LogP contribution is 2.09. The van der Waals surface area contributed by atoms with Crippen LogP contribution in [0, 0.1) is 0 Å². The highest BCUT2D eigenvalue weighted by molar-refractivity contribution is 4.83. The van der Waals surface area contributed by atoms with Gasteiger partial charge < -0.3 is 10.6 Å². The van der Waals surface area contributed by atoms with Crippen molar-refractivity contribution in [3.63, 3.8) is 0 Å². The first-order chi connectivity index (χ1) is 7.36. The Morgan fingerprint density at radius 1 is 0.867 bits per heavy atom. The van der Waals surface area contributed by atoms with Gasteiger partial charge in [-0.05, 0) is 12.8 Å². The maximum absolute atomic E-state index is 3.77. The maximum atomic E-state index is 3.77. The van der Waals surface area contributed by atoms with Crippen molar-refractivity contribution in [2.24, 2.45) is 0 Å². The molecule has 90 valence electrons. The van der Waals surface area contributed by atoms with Gasteiger partial charge in [-0.2, -0.15) is 0 Å². The van der Waals surface area contributed by atoms with E-state index in [4.69, 9.17) is 0 Å². The topological polar surface area (TPSA) is 24.1 Å². The van der Waals surface area contributed by atoms with Crippen LogP contribution in [-0.2, 0) is 0 Å². The van der Waals surface area contributed by atoms with E-state index in [9.17, 15) is 0 Å². The van der Waals surface area contributed by atoms with Crippen LogP contribution in [0.2, 0.25) is 0 Å². The van der Waals surface area contributed by atoms with Crippen molar-refractivity contribution in [1.29, 1.82) is 0 Å². The molecule has 1 heterocycles. The van der Waals surface area contributed by atoms with Crippen LogP contribution in [0.25, 0.3) is 0 Å². The summed E-state index contributed by atoms with van der Waals surface area (Å²) in [6.45, 7) is 6.88. The fourth-order valence-electron chi connectivity index (χ4n) is 2.42. The number of unbranched alkanes of at least 4 members (excludes halogenated alkanes) is 3. The number of hydrogen-bond donors (Lipinski definition) is 2. The van der Waals surface area contributed by atoms with E-state index in [1.165, 1.54) is 58.0 Å². The zero-order valence-corrected chi connectivity index (χ0v) is 10.5. The zero-order valence-electron chi connectivity index (χ0n) is 10.5. The molecule has 1 fully saturated rings. The maximum Gasteiger partial charge on any atom is 0.0195 e. The van der Waals surface area contributed by atoms with Crippen molar-refractivity contribution in [2.75, 3.05) is 13.1 Å². The Balaban J connectivity index is 2.07. The third-order valence-electron chi connectivity index (χ3n) is 3.30. The molecule has 0 aromatic heterocycles. The molecule has 1 rings (SSSR count). The van der Waals surface area contributed by atoms with E-state index in [-0.39, 0.29) is 0 Å². The van der Waals surface area contributed by atoms with Crippen LogP contribution < -0.4 is 10.6 Å². The molecule has 15 heavy (non-hydrogen) atoms. The van der Waals surface area contributed by atoms with Gasteiger partial charge in [0.05, 0.1) is 0 Å². The molecule has 2 N–H and O–H groups in total. The number of rotatable bonds is 7. The van der Waals surface area contributed by atoms with Gasteiger partial charge in [-0.3, -0.25) is 0 Å². The molecule has 0 amide bonds. The second-order valence-corrected chi connectivity index (χ2v) is 4.86. The van der Waals surface area contributed by atoms with Gasteiger partial charge in [0.25, 0.3) is 0 Å². The molecule has 0 aromatic rings. The molecule has 2 heteroatoms. The highest BCUT2D eigenvalue weighted by Gasteiger charge is 2.18. The molecule has 0 saturated carbocycles. The molecule has 2 nitrogen and oxygen atoms in total. The van der Waals surface area contributed by atoms with E-state index >= 15 is 0 Å². The van der Waals surface area contributed by atoms with Crippen molar-refractivity contribution in [3.8, 4) is 0 Å². The van der Waals surface area contributed by atoms with Gasteiger partial charge in [0.1, 0.15) is 0 Å². The van der Waals surface area contributed by atoms with Gasteiger partial charge in [0.15, 0.2) is 0 Å². The van der Waals surface area contributed by atoms with Crippen molar-refractivity contribution in [2.45, 2.75) is 70.9 Å². The molecule has 2 atom stereocenters. The van der Waals surface area contributed by atoms with Crippen molar-refractivity contribution < 1.29 is 0 Å². The average Bonchev–Trinajstić information content (AvgIpc) is 2.26. The minimum Gasteiger partial charge on any atom is -0.314 e. The van der Waals surface area contributed by atoms with E-state index in [0.29, 0.717) is 0 Å². The summed E-state index contributed by atoms with van der Waals surface area (Å²) in [5.74, 6) is 0. The zero-order chi connectivity index (χ0) is 10.9. The van der Waals surface area contributed by atoms with E-state index in [1.54, 1.807) is 0 Å². The van der Waals surface area contributed by atoms with Crippen LogP contribution in [0.15, 0.2) is 0 Å². The van der Waals surface area contributed by atoms with Crippen molar-refractivity contribution >= 4 is 0 Å². The summed E-state index contributed by atoms with van der Waals surface area (Å²) >= 11 is 0. The third kappa shape index (κ3) is 5.53. The summed E-state index contributed by atoms with van der Waals surface area (Å²) in [4.78, 5) is 0. The van der Waals surface area contributed by atoms with E-state index in [0.717, 1.165) is 12.1 Å². The molecule has 1 aliphatic rings. The lowest BCUT2D eigenvalue weighted by Gasteiger charge is -2.32. The van der Waals surface area contributed by atoms with Crippen LogP contribution in [0.3, 0.4) is 0 Å². The molecule has 0 radical (unpaired) electrons. The van der Waals surface area contributed by atoms with Gasteiger partial charge in [-0.1, -0.05) is 46.0 Å². The first kappa shape index (κ1) is 13.0. The van der Waals surface area contributed by atoms with Crippen LogP contribution >= 0.6 is 0 Å². The minimum atomic E-state index is 0.722. The highest BCUT2D eigenvalue weighted by atomic mass is 15.1. The molecule has 1 saturated heterocycles. The van der Waals surface area contributed by atoms with Crippen LogP contribution in [0.1, 0.15) is 58.8 Å². The lowest BCUT2D eigenvalue weighted by atomic mass is 10.0. The first-order valence-electron chi connectivity index (χ1n) is 6.83. The Kier molecular flexibility index (Phi) is 7.03. The first-order valence-corrected chi connectivity index (χ1v) is 6.83. The number of piperazine rings is 1.